The van der Waals surface area contributed by atoms with Crippen LogP contribution in [0.3, 0.4) is 0 Å². The van der Waals surface area contributed by atoms with E-state index in [1.807, 2.05) is 30.0 Å². The molecule has 176 valence electrons. The summed E-state index contributed by atoms with van der Waals surface area (Å²) in [6, 6.07) is 8.92. The third-order valence-electron chi connectivity index (χ3n) is 5.39. The van der Waals surface area contributed by atoms with Crippen LogP contribution in [0, 0.1) is 6.92 Å². The molecule has 1 aromatic heterocycles. The van der Waals surface area contributed by atoms with Crippen LogP contribution >= 0.6 is 0 Å². The van der Waals surface area contributed by atoms with E-state index < -0.39 is 9.84 Å². The molecule has 3 rings (SSSR count). The molecule has 7 nitrogen and oxygen atoms in total. The van der Waals surface area contributed by atoms with Gasteiger partial charge in [-0.15, -0.1) is 0 Å². The number of nitrogens with one attached hydrogen (secondary N) is 2. The Morgan fingerprint density at radius 2 is 2.00 bits per heavy atom. The van der Waals surface area contributed by atoms with E-state index in [0.29, 0.717) is 16.7 Å². The van der Waals surface area contributed by atoms with Gasteiger partial charge in [0.2, 0.25) is 5.96 Å². The lowest BCUT2D eigenvalue weighted by Crippen LogP contribution is -2.40. The Kier molecular flexibility index (Phi) is 7.92. The summed E-state index contributed by atoms with van der Waals surface area (Å²) in [6.07, 6.45) is 9.14. The van der Waals surface area contributed by atoms with Gasteiger partial charge in [0.05, 0.1) is 16.3 Å². The summed E-state index contributed by atoms with van der Waals surface area (Å²) in [5, 5.41) is 10.6. The van der Waals surface area contributed by atoms with Crippen LogP contribution in [0.25, 0.3) is 5.70 Å². The van der Waals surface area contributed by atoms with Gasteiger partial charge in [0.25, 0.3) is 0 Å². The van der Waals surface area contributed by atoms with E-state index in [1.165, 1.54) is 5.57 Å². The number of benzene rings is 1. The highest BCUT2D eigenvalue weighted by molar-refractivity contribution is 7.91. The van der Waals surface area contributed by atoms with Crippen molar-refractivity contribution >= 4 is 27.3 Å². The molecule has 0 saturated carbocycles. The molecule has 0 aliphatic carbocycles. The normalized spacial score (nSPS) is 17.4. The summed E-state index contributed by atoms with van der Waals surface area (Å²) >= 11 is 0. The molecular weight excluding hydrogens is 434 g/mol. The summed E-state index contributed by atoms with van der Waals surface area (Å²) in [5.74, 6) is 1.24. The summed E-state index contributed by atoms with van der Waals surface area (Å²) < 4.78 is 24.9. The second-order valence-electron chi connectivity index (χ2n) is 8.08. The van der Waals surface area contributed by atoms with Crippen molar-refractivity contribution < 1.29 is 8.42 Å². The van der Waals surface area contributed by atoms with Gasteiger partial charge in [0, 0.05) is 23.7 Å². The highest BCUT2D eigenvalue weighted by atomic mass is 32.2. The SMILES string of the molecule is CCC/C=C1\C=C(c2cccc(S(=O)(=O)CC)c2)NC(=Nc2cc(C)[nH]n2)N1/C=C(\C)CC. The molecule has 0 amide bonds. The van der Waals surface area contributed by atoms with E-state index in [2.05, 4.69) is 48.6 Å². The van der Waals surface area contributed by atoms with Gasteiger partial charge in [-0.1, -0.05) is 51.0 Å². The monoisotopic (exact) mass is 467 g/mol. The Balaban J connectivity index is 2.16. The lowest BCUT2D eigenvalue weighted by molar-refractivity contribution is 0.597. The summed E-state index contributed by atoms with van der Waals surface area (Å²) in [4.78, 5) is 7.12. The fourth-order valence-electron chi connectivity index (χ4n) is 3.28. The number of unbranched alkanes of at least 4 members (excludes halogenated alkanes) is 1. The second kappa shape index (κ2) is 10.7. The molecule has 0 radical (unpaired) electrons. The summed E-state index contributed by atoms with van der Waals surface area (Å²) in [5.41, 5.74) is 4.68. The van der Waals surface area contributed by atoms with Crippen molar-refractivity contribution in [3.8, 4) is 0 Å². The van der Waals surface area contributed by atoms with Gasteiger partial charge < -0.3 is 5.32 Å². The van der Waals surface area contributed by atoms with E-state index in [0.717, 1.165) is 41.9 Å². The molecule has 0 fully saturated rings. The smallest absolute Gasteiger partial charge is 0.214 e. The number of hydrogen-bond donors (Lipinski definition) is 2. The molecular formula is C25H33N5O2S. The number of aryl methyl sites for hydroxylation is 1. The zero-order valence-electron chi connectivity index (χ0n) is 20.0. The van der Waals surface area contributed by atoms with Crippen LogP contribution in [0.15, 0.2) is 69.8 Å². The Labute approximate surface area is 196 Å². The minimum Gasteiger partial charge on any atom is -0.325 e. The third-order valence-corrected chi connectivity index (χ3v) is 7.12. The van der Waals surface area contributed by atoms with Crippen molar-refractivity contribution in [2.75, 3.05) is 5.75 Å². The van der Waals surface area contributed by atoms with Crippen LogP contribution in [-0.4, -0.2) is 35.2 Å². The lowest BCUT2D eigenvalue weighted by atomic mass is 10.1. The molecule has 8 heteroatoms. The van der Waals surface area contributed by atoms with Gasteiger partial charge in [0.1, 0.15) is 0 Å². The first kappa shape index (κ1) is 24.5. The molecule has 1 aromatic carbocycles. The molecule has 33 heavy (non-hydrogen) atoms. The van der Waals surface area contributed by atoms with Crippen LogP contribution in [0.2, 0.25) is 0 Å². The predicted octanol–water partition coefficient (Wildman–Crippen LogP) is 5.44. The molecule has 0 bridgehead atoms. The van der Waals surface area contributed by atoms with Crippen LogP contribution < -0.4 is 5.32 Å². The van der Waals surface area contributed by atoms with Gasteiger partial charge in [-0.05, 0) is 50.5 Å². The second-order valence-corrected chi connectivity index (χ2v) is 10.4. The number of H-pyrrole nitrogens is 1. The molecule has 1 aliphatic heterocycles. The van der Waals surface area contributed by atoms with Crippen molar-refractivity contribution in [2.45, 2.75) is 58.8 Å². The van der Waals surface area contributed by atoms with Crippen LogP contribution in [0.1, 0.15) is 58.2 Å². The maximum absolute atomic E-state index is 12.5. The van der Waals surface area contributed by atoms with E-state index in [1.54, 1.807) is 25.1 Å². The van der Waals surface area contributed by atoms with E-state index in [9.17, 15) is 8.42 Å². The standard InChI is InChI=1S/C25H33N5O2S/c1-6-9-12-21-16-23(20-11-10-13-22(15-20)33(31,32)8-3)26-25(30(21)17-18(4)7-2)27-24-14-19(5)28-29-24/h10-17H,6-9H2,1-5H3,(H2,26,27,28,29)/b18-17+,21-12+. The fourth-order valence-corrected chi connectivity index (χ4v) is 4.21. The molecule has 0 atom stereocenters. The average Bonchev–Trinajstić information content (AvgIpc) is 3.23. The molecule has 2 aromatic rings. The number of rotatable bonds is 8. The lowest BCUT2D eigenvalue weighted by Gasteiger charge is -2.31. The number of nitrogens with zero attached hydrogens (tertiary/aromatic N) is 3. The van der Waals surface area contributed by atoms with E-state index >= 15 is 0 Å². The van der Waals surface area contributed by atoms with Crippen molar-refractivity contribution in [2.24, 2.45) is 4.99 Å². The summed E-state index contributed by atoms with van der Waals surface area (Å²) in [7, 11) is -3.31. The van der Waals surface area contributed by atoms with E-state index in [4.69, 9.17) is 4.99 Å². The van der Waals surface area contributed by atoms with Crippen molar-refractivity contribution in [3.63, 3.8) is 0 Å². The molecule has 2 heterocycles. The molecule has 0 saturated heterocycles. The third kappa shape index (κ3) is 6.01. The molecule has 0 unspecified atom stereocenters. The Bertz CT molecular complexity index is 1220. The van der Waals surface area contributed by atoms with Gasteiger partial charge in [-0.3, -0.25) is 10.00 Å². The van der Waals surface area contributed by atoms with Crippen LogP contribution in [0.5, 0.6) is 0 Å². The minimum absolute atomic E-state index is 0.0602. The number of aromatic amines is 1. The number of allylic oxidation sites excluding steroid dienone is 3. The van der Waals surface area contributed by atoms with E-state index in [-0.39, 0.29) is 5.75 Å². The topological polar surface area (TPSA) is 90.4 Å². The van der Waals surface area contributed by atoms with Crippen molar-refractivity contribution in [1.29, 1.82) is 0 Å². The van der Waals surface area contributed by atoms with Crippen molar-refractivity contribution in [1.82, 2.24) is 20.4 Å². The predicted molar refractivity (Wildman–Crippen MR) is 135 cm³/mol. The zero-order chi connectivity index (χ0) is 24.0. The largest absolute Gasteiger partial charge is 0.325 e. The number of hydrogen-bond acceptors (Lipinski definition) is 4. The molecule has 1 aliphatic rings. The maximum atomic E-state index is 12.5. The van der Waals surface area contributed by atoms with Gasteiger partial charge in [-0.2, -0.15) is 10.1 Å². The van der Waals surface area contributed by atoms with Crippen molar-refractivity contribution in [3.05, 3.63) is 71.2 Å². The van der Waals surface area contributed by atoms with Gasteiger partial charge >= 0.3 is 0 Å². The first-order chi connectivity index (χ1) is 15.8. The average molecular weight is 468 g/mol. The molecule has 2 N–H and O–H groups in total. The number of aliphatic imine (C=N–C) groups is 1. The summed E-state index contributed by atoms with van der Waals surface area (Å²) in [6.45, 7) is 9.93. The number of guanidine groups is 1. The number of sulfone groups is 1. The molecule has 0 spiro atoms. The minimum atomic E-state index is -3.31. The first-order valence-corrected chi connectivity index (χ1v) is 13.0. The highest BCUT2D eigenvalue weighted by Crippen LogP contribution is 2.27. The highest BCUT2D eigenvalue weighted by Gasteiger charge is 2.23. The zero-order valence-corrected chi connectivity index (χ0v) is 20.8. The Morgan fingerprint density at radius 1 is 1.21 bits per heavy atom. The maximum Gasteiger partial charge on any atom is 0.214 e. The van der Waals surface area contributed by atoms with Gasteiger partial charge in [-0.25, -0.2) is 8.42 Å². The van der Waals surface area contributed by atoms with Crippen LogP contribution in [-0.2, 0) is 9.84 Å². The fraction of sp³-hybridized carbons (Fsp3) is 0.360. The van der Waals surface area contributed by atoms with Crippen LogP contribution in [0.4, 0.5) is 5.82 Å². The van der Waals surface area contributed by atoms with Gasteiger partial charge in [0.15, 0.2) is 15.7 Å². The Hall–Kier alpha value is -3.13. The number of aromatic nitrogens is 2. The Morgan fingerprint density at radius 3 is 2.64 bits per heavy atom. The quantitative estimate of drug-likeness (QED) is 0.539. The first-order valence-electron chi connectivity index (χ1n) is 11.4.